The molecule has 1 heterocycles. The van der Waals surface area contributed by atoms with E-state index >= 15 is 0 Å². The van der Waals surface area contributed by atoms with Crippen LogP contribution in [-0.2, 0) is 6.42 Å². The molecule has 0 spiro atoms. The molecule has 0 saturated carbocycles. The minimum atomic E-state index is 1.09. The molecule has 0 amide bonds. The van der Waals surface area contributed by atoms with Crippen molar-refractivity contribution in [3.05, 3.63) is 35.2 Å². The number of allylic oxidation sites excluding steroid dienone is 1. The van der Waals surface area contributed by atoms with Gasteiger partial charge in [0.2, 0.25) is 0 Å². The van der Waals surface area contributed by atoms with Crippen LogP contribution in [0.4, 0.5) is 0 Å². The molecule has 0 aromatic carbocycles. The lowest BCUT2D eigenvalue weighted by atomic mass is 10.2. The summed E-state index contributed by atoms with van der Waals surface area (Å²) in [5.74, 6) is 0. The molecule has 1 aliphatic carbocycles. The van der Waals surface area contributed by atoms with E-state index in [1.165, 1.54) is 16.7 Å². The van der Waals surface area contributed by atoms with Crippen LogP contribution in [0.15, 0.2) is 24.0 Å². The Kier molecular flexibility index (Phi) is 1.10. The van der Waals surface area contributed by atoms with Gasteiger partial charge in [-0.1, -0.05) is 11.6 Å². The van der Waals surface area contributed by atoms with Crippen molar-refractivity contribution >= 4 is 6.08 Å². The second-order valence-electron chi connectivity index (χ2n) is 2.74. The van der Waals surface area contributed by atoms with Crippen molar-refractivity contribution in [1.82, 2.24) is 4.98 Å². The second kappa shape index (κ2) is 1.94. The molecule has 0 unspecified atom stereocenters. The molecule has 2 rings (SSSR count). The maximum Gasteiger partial charge on any atom is 0.0309 e. The minimum absolute atomic E-state index is 1.09. The first kappa shape index (κ1) is 5.66. The summed E-state index contributed by atoms with van der Waals surface area (Å²) in [6.45, 7) is 2.15. The van der Waals surface area contributed by atoms with Crippen molar-refractivity contribution in [2.45, 2.75) is 13.3 Å². The maximum atomic E-state index is 4.06. The number of fused-ring (bicyclic) bond motifs is 1. The Labute approximate surface area is 60.4 Å². The topological polar surface area (TPSA) is 12.9 Å². The van der Waals surface area contributed by atoms with Crippen molar-refractivity contribution in [1.29, 1.82) is 0 Å². The van der Waals surface area contributed by atoms with E-state index < -0.39 is 0 Å². The summed E-state index contributed by atoms with van der Waals surface area (Å²) in [4.78, 5) is 4.06. The summed E-state index contributed by atoms with van der Waals surface area (Å²) in [7, 11) is 0. The Morgan fingerprint density at radius 2 is 2.40 bits per heavy atom. The van der Waals surface area contributed by atoms with Gasteiger partial charge in [-0.05, 0) is 30.5 Å². The third-order valence-corrected chi connectivity index (χ3v) is 1.81. The molecule has 10 heavy (non-hydrogen) atoms. The van der Waals surface area contributed by atoms with E-state index in [1.54, 1.807) is 0 Å². The molecule has 0 N–H and O–H groups in total. The van der Waals surface area contributed by atoms with Gasteiger partial charge in [-0.15, -0.1) is 0 Å². The number of rotatable bonds is 0. The van der Waals surface area contributed by atoms with Crippen LogP contribution >= 0.6 is 0 Å². The molecule has 0 saturated heterocycles. The molecular weight excluding hydrogens is 122 g/mol. The van der Waals surface area contributed by atoms with Gasteiger partial charge in [0.25, 0.3) is 0 Å². The van der Waals surface area contributed by atoms with E-state index in [0.29, 0.717) is 0 Å². The fourth-order valence-corrected chi connectivity index (χ4v) is 1.34. The van der Waals surface area contributed by atoms with Crippen molar-refractivity contribution in [2.75, 3.05) is 0 Å². The molecule has 1 aliphatic rings. The van der Waals surface area contributed by atoms with Gasteiger partial charge in [-0.3, -0.25) is 4.98 Å². The van der Waals surface area contributed by atoms with Gasteiger partial charge in [0.1, 0.15) is 0 Å². The monoisotopic (exact) mass is 131 g/mol. The Morgan fingerprint density at radius 1 is 1.50 bits per heavy atom. The summed E-state index contributed by atoms with van der Waals surface area (Å²) in [6, 6.07) is 2.06. The molecular formula is C9H9N. The van der Waals surface area contributed by atoms with Crippen LogP contribution in [0.1, 0.15) is 18.1 Å². The summed E-state index contributed by atoms with van der Waals surface area (Å²) in [6.07, 6.45) is 7.09. The smallest absolute Gasteiger partial charge is 0.0309 e. The first-order valence-corrected chi connectivity index (χ1v) is 3.46. The van der Waals surface area contributed by atoms with Gasteiger partial charge in [0.15, 0.2) is 0 Å². The van der Waals surface area contributed by atoms with Crippen molar-refractivity contribution in [2.24, 2.45) is 0 Å². The average molecular weight is 131 g/mol. The Morgan fingerprint density at radius 3 is 3.20 bits per heavy atom. The highest BCUT2D eigenvalue weighted by molar-refractivity contribution is 5.62. The van der Waals surface area contributed by atoms with Crippen LogP contribution in [0.3, 0.4) is 0 Å². The zero-order chi connectivity index (χ0) is 6.97. The molecule has 0 fully saturated rings. The quantitative estimate of drug-likeness (QED) is 0.525. The number of pyridine rings is 1. The summed E-state index contributed by atoms with van der Waals surface area (Å²) >= 11 is 0. The average Bonchev–Trinajstić information content (AvgIpc) is 2.27. The summed E-state index contributed by atoms with van der Waals surface area (Å²) in [5, 5.41) is 0. The molecule has 0 radical (unpaired) electrons. The second-order valence-corrected chi connectivity index (χ2v) is 2.74. The summed E-state index contributed by atoms with van der Waals surface area (Å²) < 4.78 is 0. The Bertz CT molecular complexity index is 287. The van der Waals surface area contributed by atoms with Crippen LogP contribution in [0.25, 0.3) is 6.08 Å². The molecule has 1 heteroatoms. The predicted molar refractivity (Wildman–Crippen MR) is 41.6 cm³/mol. The van der Waals surface area contributed by atoms with E-state index in [9.17, 15) is 0 Å². The highest BCUT2D eigenvalue weighted by Gasteiger charge is 2.07. The van der Waals surface area contributed by atoms with Crippen LogP contribution < -0.4 is 0 Å². The van der Waals surface area contributed by atoms with E-state index in [1.807, 2.05) is 12.4 Å². The van der Waals surface area contributed by atoms with Gasteiger partial charge < -0.3 is 0 Å². The predicted octanol–water partition coefficient (Wildman–Crippen LogP) is 2.04. The van der Waals surface area contributed by atoms with Gasteiger partial charge >= 0.3 is 0 Å². The third kappa shape index (κ3) is 0.747. The normalized spacial score (nSPS) is 14.7. The van der Waals surface area contributed by atoms with E-state index in [0.717, 1.165) is 6.42 Å². The molecule has 0 aliphatic heterocycles. The first-order chi connectivity index (χ1) is 4.86. The molecule has 0 bridgehead atoms. The third-order valence-electron chi connectivity index (χ3n) is 1.81. The molecule has 1 aromatic heterocycles. The molecule has 1 aromatic rings. The SMILES string of the molecule is CC1=Cc2ccncc2C1. The van der Waals surface area contributed by atoms with Crippen molar-refractivity contribution in [3.63, 3.8) is 0 Å². The maximum absolute atomic E-state index is 4.06. The number of hydrogen-bond acceptors (Lipinski definition) is 1. The zero-order valence-corrected chi connectivity index (χ0v) is 5.96. The largest absolute Gasteiger partial charge is 0.264 e. The van der Waals surface area contributed by atoms with Crippen LogP contribution in [-0.4, -0.2) is 4.98 Å². The minimum Gasteiger partial charge on any atom is -0.264 e. The molecule has 1 nitrogen and oxygen atoms in total. The lowest BCUT2D eigenvalue weighted by Crippen LogP contribution is -1.82. The number of aromatic nitrogens is 1. The first-order valence-electron chi connectivity index (χ1n) is 3.46. The summed E-state index contributed by atoms with van der Waals surface area (Å²) in [5.41, 5.74) is 4.13. The van der Waals surface area contributed by atoms with E-state index in [-0.39, 0.29) is 0 Å². The highest BCUT2D eigenvalue weighted by atomic mass is 14.6. The van der Waals surface area contributed by atoms with Crippen LogP contribution in [0.2, 0.25) is 0 Å². The lowest BCUT2D eigenvalue weighted by Gasteiger charge is -1.93. The standard InChI is InChI=1S/C9H9N/c1-7-4-8-2-3-10-6-9(8)5-7/h2-4,6H,5H2,1H3. The molecule has 0 atom stereocenters. The Hall–Kier alpha value is -1.11. The molecule has 50 valence electrons. The van der Waals surface area contributed by atoms with Crippen LogP contribution in [0.5, 0.6) is 0 Å². The van der Waals surface area contributed by atoms with Crippen LogP contribution in [0, 0.1) is 0 Å². The van der Waals surface area contributed by atoms with Gasteiger partial charge in [0, 0.05) is 12.4 Å². The van der Waals surface area contributed by atoms with Gasteiger partial charge in [0.05, 0.1) is 0 Å². The van der Waals surface area contributed by atoms with E-state index in [4.69, 9.17) is 0 Å². The zero-order valence-electron chi connectivity index (χ0n) is 5.96. The number of hydrogen-bond donors (Lipinski definition) is 0. The van der Waals surface area contributed by atoms with Crippen molar-refractivity contribution < 1.29 is 0 Å². The van der Waals surface area contributed by atoms with Gasteiger partial charge in [-0.2, -0.15) is 0 Å². The van der Waals surface area contributed by atoms with Crippen molar-refractivity contribution in [3.8, 4) is 0 Å². The fraction of sp³-hybridized carbons (Fsp3) is 0.222. The van der Waals surface area contributed by atoms with E-state index in [2.05, 4.69) is 24.1 Å². The Balaban J connectivity index is 2.54. The highest BCUT2D eigenvalue weighted by Crippen LogP contribution is 2.22. The fourth-order valence-electron chi connectivity index (χ4n) is 1.34. The van der Waals surface area contributed by atoms with Gasteiger partial charge in [-0.25, -0.2) is 0 Å². The lowest BCUT2D eigenvalue weighted by molar-refractivity contribution is 1.15. The number of nitrogens with zero attached hydrogens (tertiary/aromatic N) is 1.